The Morgan fingerprint density at radius 2 is 1.50 bits per heavy atom. The van der Waals surface area contributed by atoms with E-state index in [2.05, 4.69) is 0 Å². The standard InChI is InChI=1S/C24H19ClN2O3/c1-15-11-13-16(14-12-15)21-20-22(30-27(21)17-7-3-2-4-8-17)24(29)26(23(20)28)19-10-6-5-9-18(19)25/h2-14,20-22H,1H3. The number of aryl methyl sites for hydroxylation is 1. The van der Waals surface area contributed by atoms with Crippen molar-refractivity contribution < 1.29 is 14.4 Å². The van der Waals surface area contributed by atoms with Crippen molar-refractivity contribution in [1.29, 1.82) is 0 Å². The molecule has 0 saturated carbocycles. The van der Waals surface area contributed by atoms with Gasteiger partial charge in [0, 0.05) is 0 Å². The van der Waals surface area contributed by atoms with Gasteiger partial charge in [0.05, 0.1) is 22.4 Å². The number of hydrogen-bond acceptors (Lipinski definition) is 4. The van der Waals surface area contributed by atoms with Crippen molar-refractivity contribution in [1.82, 2.24) is 0 Å². The molecule has 3 atom stereocenters. The number of fused-ring (bicyclic) bond motifs is 1. The largest absolute Gasteiger partial charge is 0.273 e. The molecule has 0 aromatic heterocycles. The van der Waals surface area contributed by atoms with Gasteiger partial charge in [-0.2, -0.15) is 0 Å². The van der Waals surface area contributed by atoms with Crippen LogP contribution in [0.3, 0.4) is 0 Å². The van der Waals surface area contributed by atoms with Gasteiger partial charge < -0.3 is 0 Å². The van der Waals surface area contributed by atoms with Gasteiger partial charge in [0.1, 0.15) is 5.92 Å². The smallest absolute Gasteiger partial charge is 0.266 e. The molecular formula is C24H19ClN2O3. The normalized spacial score (nSPS) is 23.2. The Morgan fingerprint density at radius 3 is 2.20 bits per heavy atom. The third-order valence-corrected chi connectivity index (χ3v) is 5.96. The Morgan fingerprint density at radius 1 is 0.833 bits per heavy atom. The summed E-state index contributed by atoms with van der Waals surface area (Å²) in [7, 11) is 0. The van der Waals surface area contributed by atoms with E-state index in [1.165, 1.54) is 4.90 Å². The molecule has 5 rings (SSSR count). The van der Waals surface area contributed by atoms with Crippen LogP contribution in [0.5, 0.6) is 0 Å². The van der Waals surface area contributed by atoms with Crippen molar-refractivity contribution in [2.24, 2.45) is 5.92 Å². The van der Waals surface area contributed by atoms with E-state index in [4.69, 9.17) is 16.4 Å². The first-order valence-corrected chi connectivity index (χ1v) is 10.1. The van der Waals surface area contributed by atoms with Gasteiger partial charge in [-0.25, -0.2) is 9.96 Å². The van der Waals surface area contributed by atoms with Gasteiger partial charge in [0.15, 0.2) is 6.10 Å². The number of rotatable bonds is 3. The Bertz CT molecular complexity index is 1120. The molecule has 150 valence electrons. The number of carbonyl (C=O) groups excluding carboxylic acids is 2. The molecule has 2 saturated heterocycles. The molecule has 2 heterocycles. The summed E-state index contributed by atoms with van der Waals surface area (Å²) in [5, 5.41) is 2.05. The second kappa shape index (κ2) is 7.27. The average Bonchev–Trinajstić information content (AvgIpc) is 3.26. The lowest BCUT2D eigenvalue weighted by Crippen LogP contribution is -2.37. The molecule has 2 fully saturated rings. The lowest BCUT2D eigenvalue weighted by atomic mass is 9.90. The number of amides is 2. The second-order valence-electron chi connectivity index (χ2n) is 7.53. The molecule has 2 aliphatic heterocycles. The van der Waals surface area contributed by atoms with E-state index in [9.17, 15) is 9.59 Å². The molecule has 0 N–H and O–H groups in total. The highest BCUT2D eigenvalue weighted by Crippen LogP contribution is 2.48. The molecule has 3 unspecified atom stereocenters. The predicted molar refractivity (Wildman–Crippen MR) is 115 cm³/mol. The van der Waals surface area contributed by atoms with Crippen molar-refractivity contribution in [2.75, 3.05) is 9.96 Å². The number of halogens is 1. The molecule has 0 radical (unpaired) electrons. The van der Waals surface area contributed by atoms with Crippen molar-refractivity contribution in [3.8, 4) is 0 Å². The fourth-order valence-electron chi connectivity index (χ4n) is 4.19. The van der Waals surface area contributed by atoms with Crippen LogP contribution in [0.15, 0.2) is 78.9 Å². The monoisotopic (exact) mass is 418 g/mol. The number of anilines is 2. The van der Waals surface area contributed by atoms with E-state index in [1.807, 2.05) is 61.5 Å². The highest BCUT2D eigenvalue weighted by Gasteiger charge is 2.60. The molecule has 30 heavy (non-hydrogen) atoms. The first kappa shape index (κ1) is 18.9. The van der Waals surface area contributed by atoms with E-state index in [1.54, 1.807) is 29.3 Å². The highest BCUT2D eigenvalue weighted by atomic mass is 35.5. The highest BCUT2D eigenvalue weighted by molar-refractivity contribution is 6.36. The third-order valence-electron chi connectivity index (χ3n) is 5.64. The minimum absolute atomic E-state index is 0.304. The Hall–Kier alpha value is -3.15. The molecule has 0 aliphatic carbocycles. The number of hydrogen-bond donors (Lipinski definition) is 0. The van der Waals surface area contributed by atoms with Crippen molar-refractivity contribution in [3.05, 3.63) is 95.0 Å². The van der Waals surface area contributed by atoms with Crippen LogP contribution < -0.4 is 9.96 Å². The molecule has 2 amide bonds. The molecule has 5 nitrogen and oxygen atoms in total. The molecule has 3 aromatic carbocycles. The van der Waals surface area contributed by atoms with Crippen molar-refractivity contribution >= 4 is 34.8 Å². The zero-order chi connectivity index (χ0) is 20.8. The third kappa shape index (κ3) is 2.90. The van der Waals surface area contributed by atoms with Crippen LogP contribution in [0.1, 0.15) is 17.2 Å². The van der Waals surface area contributed by atoms with Gasteiger partial charge >= 0.3 is 0 Å². The summed E-state index contributed by atoms with van der Waals surface area (Å²) in [6.07, 6.45) is -0.903. The fraction of sp³-hybridized carbons (Fsp3) is 0.167. The number of benzene rings is 3. The molecular weight excluding hydrogens is 400 g/mol. The quantitative estimate of drug-likeness (QED) is 0.578. The minimum Gasteiger partial charge on any atom is -0.273 e. The number of imide groups is 1. The van der Waals surface area contributed by atoms with Crippen LogP contribution in [0.4, 0.5) is 11.4 Å². The summed E-state index contributed by atoms with van der Waals surface area (Å²) in [4.78, 5) is 34.1. The summed E-state index contributed by atoms with van der Waals surface area (Å²) in [6, 6.07) is 23.9. The van der Waals surface area contributed by atoms with Gasteiger partial charge in [-0.1, -0.05) is 71.8 Å². The summed E-state index contributed by atoms with van der Waals surface area (Å²) in [6.45, 7) is 2.01. The van der Waals surface area contributed by atoms with Crippen LogP contribution in [0.2, 0.25) is 5.02 Å². The van der Waals surface area contributed by atoms with Crippen LogP contribution in [0, 0.1) is 12.8 Å². The number of hydroxylamine groups is 1. The zero-order valence-electron chi connectivity index (χ0n) is 16.2. The Labute approximate surface area is 179 Å². The van der Waals surface area contributed by atoms with E-state index in [0.29, 0.717) is 10.7 Å². The van der Waals surface area contributed by atoms with Gasteiger partial charge in [-0.05, 0) is 36.8 Å². The maximum absolute atomic E-state index is 13.5. The van der Waals surface area contributed by atoms with Crippen molar-refractivity contribution in [2.45, 2.75) is 19.1 Å². The van der Waals surface area contributed by atoms with E-state index in [0.717, 1.165) is 16.8 Å². The number of nitrogens with zero attached hydrogens (tertiary/aromatic N) is 2. The summed E-state index contributed by atoms with van der Waals surface area (Å²) in [5.41, 5.74) is 3.22. The minimum atomic E-state index is -0.903. The van der Waals surface area contributed by atoms with Gasteiger partial charge in [-0.15, -0.1) is 0 Å². The molecule has 3 aromatic rings. The SMILES string of the molecule is Cc1ccc(C2C3C(=O)N(c4ccccc4Cl)C(=O)C3ON2c2ccccc2)cc1. The zero-order valence-corrected chi connectivity index (χ0v) is 17.0. The van der Waals surface area contributed by atoms with Crippen LogP contribution in [0.25, 0.3) is 0 Å². The van der Waals surface area contributed by atoms with E-state index in [-0.39, 0.29) is 5.91 Å². The second-order valence-corrected chi connectivity index (χ2v) is 7.94. The average molecular weight is 419 g/mol. The Balaban J connectivity index is 1.60. The first-order chi connectivity index (χ1) is 14.6. The fourth-order valence-corrected chi connectivity index (χ4v) is 4.41. The number of carbonyl (C=O) groups is 2. The maximum Gasteiger partial charge on any atom is 0.266 e. The summed E-state index contributed by atoms with van der Waals surface area (Å²) >= 11 is 6.29. The van der Waals surface area contributed by atoms with Gasteiger partial charge in [0.2, 0.25) is 5.91 Å². The van der Waals surface area contributed by atoms with E-state index < -0.39 is 24.0 Å². The Kier molecular flexibility index (Phi) is 4.57. The molecule has 0 bridgehead atoms. The van der Waals surface area contributed by atoms with Crippen molar-refractivity contribution in [3.63, 3.8) is 0 Å². The lowest BCUT2D eigenvalue weighted by molar-refractivity contribution is -0.126. The molecule has 0 spiro atoms. The summed E-state index contributed by atoms with van der Waals surface area (Å²) in [5.74, 6) is -1.37. The van der Waals surface area contributed by atoms with E-state index >= 15 is 0 Å². The van der Waals surface area contributed by atoms with Gasteiger partial charge in [-0.3, -0.25) is 14.4 Å². The predicted octanol–water partition coefficient (Wildman–Crippen LogP) is 4.70. The topological polar surface area (TPSA) is 49.9 Å². The lowest BCUT2D eigenvalue weighted by Gasteiger charge is -2.29. The van der Waals surface area contributed by atoms with Gasteiger partial charge in [0.25, 0.3) is 5.91 Å². The van der Waals surface area contributed by atoms with Crippen LogP contribution >= 0.6 is 11.6 Å². The number of para-hydroxylation sites is 2. The molecule has 2 aliphatic rings. The maximum atomic E-state index is 13.5. The first-order valence-electron chi connectivity index (χ1n) is 9.76. The van der Waals surface area contributed by atoms with Crippen LogP contribution in [-0.2, 0) is 14.4 Å². The summed E-state index contributed by atoms with van der Waals surface area (Å²) < 4.78 is 0. The molecule has 6 heteroatoms. The van der Waals surface area contributed by atoms with Crippen LogP contribution in [-0.4, -0.2) is 17.9 Å².